The summed E-state index contributed by atoms with van der Waals surface area (Å²) in [4.78, 5) is 0. The van der Waals surface area contributed by atoms with Crippen LogP contribution in [0.4, 0.5) is 14.5 Å². The molecule has 1 unspecified atom stereocenters. The van der Waals surface area contributed by atoms with E-state index in [1.165, 1.54) is 36.4 Å². The molecule has 0 fully saturated rings. The summed E-state index contributed by atoms with van der Waals surface area (Å²) >= 11 is 5.57. The van der Waals surface area contributed by atoms with Gasteiger partial charge in [0.15, 0.2) is 0 Å². The summed E-state index contributed by atoms with van der Waals surface area (Å²) in [6.07, 6.45) is -0.806. The smallest absolute Gasteiger partial charge is 0.143 e. The zero-order valence-electron chi connectivity index (χ0n) is 9.91. The molecular weight excluding hydrogens is 272 g/mol. The number of nitrogens with one attached hydrogen (secondary N) is 1. The van der Waals surface area contributed by atoms with Crippen molar-refractivity contribution in [2.45, 2.75) is 6.10 Å². The number of anilines is 1. The van der Waals surface area contributed by atoms with Crippen molar-refractivity contribution in [1.82, 2.24) is 0 Å². The first-order valence-corrected chi connectivity index (χ1v) is 6.06. The molecule has 1 atom stereocenters. The monoisotopic (exact) mass is 283 g/mol. The minimum absolute atomic E-state index is 0.0460. The summed E-state index contributed by atoms with van der Waals surface area (Å²) in [6.45, 7) is 0.187. The van der Waals surface area contributed by atoms with Gasteiger partial charge in [-0.05, 0) is 35.9 Å². The van der Waals surface area contributed by atoms with Gasteiger partial charge in [-0.1, -0.05) is 23.7 Å². The molecule has 0 bridgehead atoms. The maximum atomic E-state index is 13.2. The van der Waals surface area contributed by atoms with Crippen LogP contribution in [-0.4, -0.2) is 11.7 Å². The lowest BCUT2D eigenvalue weighted by molar-refractivity contribution is 0.191. The average Bonchev–Trinajstić information content (AvgIpc) is 2.40. The van der Waals surface area contributed by atoms with Crippen molar-refractivity contribution in [3.63, 3.8) is 0 Å². The largest absolute Gasteiger partial charge is 0.387 e. The second kappa shape index (κ2) is 5.99. The average molecular weight is 284 g/mol. The number of hydrogen-bond acceptors (Lipinski definition) is 2. The summed E-state index contributed by atoms with van der Waals surface area (Å²) in [5, 5.41) is 12.8. The summed E-state index contributed by atoms with van der Waals surface area (Å²) in [5.74, 6) is -0.883. The van der Waals surface area contributed by atoms with Crippen molar-refractivity contribution in [3.05, 3.63) is 64.7 Å². The normalized spacial score (nSPS) is 12.2. The van der Waals surface area contributed by atoms with Crippen LogP contribution in [0.15, 0.2) is 42.5 Å². The fourth-order valence-corrected chi connectivity index (χ4v) is 1.74. The van der Waals surface area contributed by atoms with E-state index in [1.807, 2.05) is 0 Å². The lowest BCUT2D eigenvalue weighted by Gasteiger charge is -2.13. The van der Waals surface area contributed by atoms with E-state index in [4.69, 9.17) is 11.6 Å². The molecule has 0 aliphatic carbocycles. The van der Waals surface area contributed by atoms with Gasteiger partial charge in [0.1, 0.15) is 11.6 Å². The lowest BCUT2D eigenvalue weighted by Crippen LogP contribution is -2.12. The first-order chi connectivity index (χ1) is 9.06. The number of aliphatic hydroxyl groups excluding tert-OH is 1. The Morgan fingerprint density at radius 1 is 1.11 bits per heavy atom. The Labute approximate surface area is 114 Å². The molecule has 19 heavy (non-hydrogen) atoms. The Bertz CT molecular complexity index is 560. The second-order valence-corrected chi connectivity index (χ2v) is 4.48. The van der Waals surface area contributed by atoms with Crippen molar-refractivity contribution in [3.8, 4) is 0 Å². The van der Waals surface area contributed by atoms with E-state index in [1.54, 1.807) is 6.07 Å². The fraction of sp³-hybridized carbons (Fsp3) is 0.143. The third kappa shape index (κ3) is 3.66. The third-order valence-corrected chi connectivity index (χ3v) is 2.98. The first kappa shape index (κ1) is 13.8. The molecule has 2 N–H and O–H groups in total. The number of benzene rings is 2. The van der Waals surface area contributed by atoms with Crippen LogP contribution in [0.1, 0.15) is 11.7 Å². The minimum Gasteiger partial charge on any atom is -0.387 e. The van der Waals surface area contributed by atoms with Gasteiger partial charge in [-0.15, -0.1) is 0 Å². The minimum atomic E-state index is -0.806. The molecule has 0 spiro atoms. The van der Waals surface area contributed by atoms with Crippen LogP contribution >= 0.6 is 11.6 Å². The van der Waals surface area contributed by atoms with Crippen LogP contribution < -0.4 is 5.32 Å². The molecule has 5 heteroatoms. The zero-order chi connectivity index (χ0) is 13.8. The van der Waals surface area contributed by atoms with Gasteiger partial charge in [-0.3, -0.25) is 0 Å². The van der Waals surface area contributed by atoms with Crippen molar-refractivity contribution < 1.29 is 13.9 Å². The van der Waals surface area contributed by atoms with Crippen molar-refractivity contribution in [1.29, 1.82) is 0 Å². The summed E-state index contributed by atoms with van der Waals surface area (Å²) in [5.41, 5.74) is 1.10. The number of aliphatic hydroxyl groups is 1. The highest BCUT2D eigenvalue weighted by Gasteiger charge is 2.08. The highest BCUT2D eigenvalue weighted by Crippen LogP contribution is 2.20. The topological polar surface area (TPSA) is 32.3 Å². The van der Waals surface area contributed by atoms with Crippen LogP contribution in [-0.2, 0) is 0 Å². The lowest BCUT2D eigenvalue weighted by atomic mass is 10.1. The third-order valence-electron chi connectivity index (χ3n) is 2.67. The molecule has 2 nitrogen and oxygen atoms in total. The molecular formula is C14H12ClF2NO. The quantitative estimate of drug-likeness (QED) is 0.895. The number of halogens is 3. The van der Waals surface area contributed by atoms with Crippen molar-refractivity contribution in [2.24, 2.45) is 0 Å². The van der Waals surface area contributed by atoms with Gasteiger partial charge >= 0.3 is 0 Å². The Balaban J connectivity index is 1.98. The molecule has 2 aromatic rings. The number of rotatable bonds is 4. The van der Waals surface area contributed by atoms with E-state index in [0.717, 1.165) is 0 Å². The Kier molecular flexibility index (Phi) is 4.35. The molecule has 0 aromatic heterocycles. The van der Waals surface area contributed by atoms with Crippen LogP contribution in [0.3, 0.4) is 0 Å². The van der Waals surface area contributed by atoms with E-state index in [9.17, 15) is 13.9 Å². The summed E-state index contributed by atoms with van der Waals surface area (Å²) in [6, 6.07) is 9.86. The molecule has 100 valence electrons. The predicted octanol–water partition coefficient (Wildman–Crippen LogP) is 3.76. The maximum absolute atomic E-state index is 13.2. The molecule has 0 aliphatic heterocycles. The van der Waals surface area contributed by atoms with Gasteiger partial charge in [-0.25, -0.2) is 8.78 Å². The molecule has 2 rings (SSSR count). The van der Waals surface area contributed by atoms with Crippen molar-refractivity contribution >= 4 is 17.3 Å². The van der Waals surface area contributed by atoms with Crippen LogP contribution in [0.2, 0.25) is 5.02 Å². The fourth-order valence-electron chi connectivity index (χ4n) is 1.62. The van der Waals surface area contributed by atoms with Crippen LogP contribution in [0.5, 0.6) is 0 Å². The molecule has 0 saturated carbocycles. The van der Waals surface area contributed by atoms with Crippen LogP contribution in [0.25, 0.3) is 0 Å². The highest BCUT2D eigenvalue weighted by atomic mass is 35.5. The van der Waals surface area contributed by atoms with Gasteiger partial charge in [0, 0.05) is 12.2 Å². The van der Waals surface area contributed by atoms with E-state index >= 15 is 0 Å². The molecule has 0 saturated heterocycles. The van der Waals surface area contributed by atoms with Gasteiger partial charge in [0.2, 0.25) is 0 Å². The van der Waals surface area contributed by atoms with Gasteiger partial charge in [-0.2, -0.15) is 0 Å². The van der Waals surface area contributed by atoms with E-state index in [0.29, 0.717) is 11.3 Å². The Morgan fingerprint density at radius 2 is 1.79 bits per heavy atom. The van der Waals surface area contributed by atoms with E-state index in [-0.39, 0.29) is 17.4 Å². The standard InChI is InChI=1S/C14H12ClF2NO/c15-12-6-5-11(7-13(12)17)18-8-14(19)9-1-3-10(16)4-2-9/h1-7,14,18-19H,8H2. The maximum Gasteiger partial charge on any atom is 0.143 e. The van der Waals surface area contributed by atoms with Crippen molar-refractivity contribution in [2.75, 3.05) is 11.9 Å². The first-order valence-electron chi connectivity index (χ1n) is 5.69. The van der Waals surface area contributed by atoms with Gasteiger partial charge in [0.05, 0.1) is 11.1 Å². The number of hydrogen-bond donors (Lipinski definition) is 2. The summed E-state index contributed by atoms with van der Waals surface area (Å²) in [7, 11) is 0. The Morgan fingerprint density at radius 3 is 2.42 bits per heavy atom. The predicted molar refractivity (Wildman–Crippen MR) is 71.3 cm³/mol. The highest BCUT2D eigenvalue weighted by molar-refractivity contribution is 6.30. The zero-order valence-corrected chi connectivity index (χ0v) is 10.7. The van der Waals surface area contributed by atoms with Crippen LogP contribution in [0, 0.1) is 11.6 Å². The van der Waals surface area contributed by atoms with E-state index in [2.05, 4.69) is 5.32 Å². The molecule has 2 aromatic carbocycles. The molecule has 0 aliphatic rings. The molecule has 0 radical (unpaired) electrons. The van der Waals surface area contributed by atoms with Gasteiger partial charge in [0.25, 0.3) is 0 Å². The SMILES string of the molecule is OC(CNc1ccc(Cl)c(F)c1)c1ccc(F)cc1. The molecule has 0 amide bonds. The Hall–Kier alpha value is -1.65. The molecule has 0 heterocycles. The second-order valence-electron chi connectivity index (χ2n) is 4.08. The van der Waals surface area contributed by atoms with E-state index < -0.39 is 11.9 Å². The summed E-state index contributed by atoms with van der Waals surface area (Å²) < 4.78 is 25.9. The van der Waals surface area contributed by atoms with Gasteiger partial charge < -0.3 is 10.4 Å².